The highest BCUT2D eigenvalue weighted by molar-refractivity contribution is 6.15. The van der Waals surface area contributed by atoms with Gasteiger partial charge in [0.05, 0.1) is 5.56 Å². The number of benzene rings is 1. The Kier molecular flexibility index (Phi) is 2.71. The third kappa shape index (κ3) is 1.95. The van der Waals surface area contributed by atoms with Crippen molar-refractivity contribution < 1.29 is 13.6 Å². The van der Waals surface area contributed by atoms with Gasteiger partial charge in [0.2, 0.25) is 5.78 Å². The molecule has 0 aliphatic heterocycles. The van der Waals surface area contributed by atoms with Crippen LogP contribution < -0.4 is 0 Å². The third-order valence-corrected chi connectivity index (χ3v) is 3.12. The summed E-state index contributed by atoms with van der Waals surface area (Å²) >= 11 is 0. The fraction of sp³-hybridized carbons (Fsp3) is 0.133. The highest BCUT2D eigenvalue weighted by Gasteiger charge is 2.17. The van der Waals surface area contributed by atoms with E-state index in [9.17, 15) is 9.18 Å². The summed E-state index contributed by atoms with van der Waals surface area (Å²) in [5.74, 6) is 0.550. The topological polar surface area (TPSA) is 46.0 Å². The van der Waals surface area contributed by atoms with E-state index in [1.807, 2.05) is 6.92 Å². The van der Waals surface area contributed by atoms with Crippen molar-refractivity contribution in [2.75, 3.05) is 0 Å². The number of rotatable bonds is 3. The number of hydrogen-bond acceptors (Lipinski definition) is 2. The monoisotopic (exact) mass is 257 g/mol. The van der Waals surface area contributed by atoms with Crippen molar-refractivity contribution in [3.8, 4) is 0 Å². The zero-order chi connectivity index (χ0) is 13.4. The quantitative estimate of drug-likeness (QED) is 0.727. The van der Waals surface area contributed by atoms with Gasteiger partial charge in [-0.2, -0.15) is 0 Å². The average Bonchev–Trinajstić information content (AvgIpc) is 3.03. The molecule has 0 amide bonds. The van der Waals surface area contributed by atoms with E-state index < -0.39 is 0 Å². The number of fused-ring (bicyclic) bond motifs is 1. The fourth-order valence-corrected chi connectivity index (χ4v) is 2.11. The lowest BCUT2D eigenvalue weighted by Gasteiger charge is -1.96. The summed E-state index contributed by atoms with van der Waals surface area (Å²) in [4.78, 5) is 15.2. The Morgan fingerprint density at radius 1 is 1.32 bits per heavy atom. The average molecular weight is 257 g/mol. The summed E-state index contributed by atoms with van der Waals surface area (Å²) in [6.45, 7) is 1.96. The van der Waals surface area contributed by atoms with Crippen LogP contribution in [0.1, 0.15) is 28.8 Å². The lowest BCUT2D eigenvalue weighted by Crippen LogP contribution is -1.98. The van der Waals surface area contributed by atoms with E-state index in [0.717, 1.165) is 12.2 Å². The molecule has 0 aliphatic carbocycles. The predicted molar refractivity (Wildman–Crippen MR) is 69.8 cm³/mol. The summed E-state index contributed by atoms with van der Waals surface area (Å²) in [6.07, 6.45) is 2.33. The van der Waals surface area contributed by atoms with Crippen molar-refractivity contribution in [3.05, 3.63) is 59.4 Å². The molecule has 4 heteroatoms. The molecule has 3 nitrogen and oxygen atoms in total. The number of carbonyl (C=O) groups is 1. The number of nitrogens with one attached hydrogen (secondary N) is 1. The van der Waals surface area contributed by atoms with Crippen LogP contribution in [0.3, 0.4) is 0 Å². The van der Waals surface area contributed by atoms with Crippen molar-refractivity contribution in [3.63, 3.8) is 0 Å². The Bertz CT molecular complexity index is 754. The van der Waals surface area contributed by atoms with E-state index in [1.165, 1.54) is 12.1 Å². The number of halogens is 1. The Labute approximate surface area is 109 Å². The van der Waals surface area contributed by atoms with Crippen LogP contribution in [0.4, 0.5) is 4.39 Å². The first kappa shape index (κ1) is 11.7. The molecule has 3 aromatic rings. The summed E-state index contributed by atoms with van der Waals surface area (Å²) < 4.78 is 18.5. The van der Waals surface area contributed by atoms with Gasteiger partial charge >= 0.3 is 0 Å². The lowest BCUT2D eigenvalue weighted by atomic mass is 10.1. The molecule has 1 aromatic carbocycles. The molecular weight excluding hydrogens is 245 g/mol. The van der Waals surface area contributed by atoms with Gasteiger partial charge in [0.1, 0.15) is 11.6 Å². The van der Waals surface area contributed by atoms with Gasteiger partial charge in [-0.05, 0) is 30.3 Å². The molecule has 0 aliphatic rings. The van der Waals surface area contributed by atoms with Crippen LogP contribution in [-0.4, -0.2) is 10.8 Å². The van der Waals surface area contributed by atoms with Crippen molar-refractivity contribution in [2.45, 2.75) is 13.3 Å². The summed E-state index contributed by atoms with van der Waals surface area (Å²) in [6, 6.07) is 7.77. The van der Waals surface area contributed by atoms with E-state index in [4.69, 9.17) is 4.42 Å². The molecule has 96 valence electrons. The molecule has 19 heavy (non-hydrogen) atoms. The highest BCUT2D eigenvalue weighted by atomic mass is 19.1. The van der Waals surface area contributed by atoms with E-state index in [1.54, 1.807) is 24.4 Å². The molecule has 0 fully saturated rings. The number of ketones is 1. The first-order valence-electron chi connectivity index (χ1n) is 6.09. The van der Waals surface area contributed by atoms with Crippen molar-refractivity contribution in [1.29, 1.82) is 0 Å². The fourth-order valence-electron chi connectivity index (χ4n) is 2.11. The number of aryl methyl sites for hydroxylation is 1. The van der Waals surface area contributed by atoms with Gasteiger partial charge < -0.3 is 9.40 Å². The van der Waals surface area contributed by atoms with E-state index >= 15 is 0 Å². The van der Waals surface area contributed by atoms with Gasteiger partial charge in [-0.15, -0.1) is 0 Å². The minimum Gasteiger partial charge on any atom is -0.458 e. The van der Waals surface area contributed by atoms with Gasteiger partial charge in [0, 0.05) is 23.5 Å². The molecule has 3 rings (SSSR count). The number of hydrogen-bond donors (Lipinski definition) is 1. The molecule has 0 unspecified atom stereocenters. The molecule has 0 atom stereocenters. The normalized spacial score (nSPS) is 11.1. The zero-order valence-corrected chi connectivity index (χ0v) is 10.4. The molecule has 2 aromatic heterocycles. The number of carbonyl (C=O) groups excluding carboxylic acids is 1. The molecule has 0 radical (unpaired) electrons. The van der Waals surface area contributed by atoms with Crippen molar-refractivity contribution in [2.24, 2.45) is 0 Å². The number of aromatic nitrogens is 1. The third-order valence-electron chi connectivity index (χ3n) is 3.12. The van der Waals surface area contributed by atoms with Gasteiger partial charge in [0.25, 0.3) is 0 Å². The van der Waals surface area contributed by atoms with Gasteiger partial charge in [-0.25, -0.2) is 4.39 Å². The van der Waals surface area contributed by atoms with E-state index in [2.05, 4.69) is 4.98 Å². The Hall–Kier alpha value is -2.36. The SMILES string of the molecule is CCc1ccc(C(=O)c2c[nH]c3cc(F)ccc23)o1. The number of H-pyrrole nitrogens is 1. The van der Waals surface area contributed by atoms with Crippen LogP contribution in [0.5, 0.6) is 0 Å². The van der Waals surface area contributed by atoms with E-state index in [-0.39, 0.29) is 11.6 Å². The van der Waals surface area contributed by atoms with Gasteiger partial charge in [0.15, 0.2) is 5.76 Å². The maximum atomic E-state index is 13.1. The van der Waals surface area contributed by atoms with Crippen LogP contribution in [0.15, 0.2) is 40.9 Å². The number of aromatic amines is 1. The van der Waals surface area contributed by atoms with Gasteiger partial charge in [-0.1, -0.05) is 6.92 Å². The number of furan rings is 1. The Balaban J connectivity index is 2.06. The highest BCUT2D eigenvalue weighted by Crippen LogP contribution is 2.23. The van der Waals surface area contributed by atoms with Gasteiger partial charge in [-0.3, -0.25) is 4.79 Å². The summed E-state index contributed by atoms with van der Waals surface area (Å²) in [7, 11) is 0. The minimum absolute atomic E-state index is 0.197. The lowest BCUT2D eigenvalue weighted by molar-refractivity contribution is 0.101. The first-order valence-corrected chi connectivity index (χ1v) is 6.09. The standard InChI is InChI=1S/C15H12FNO2/c1-2-10-4-6-14(19-10)15(18)12-8-17-13-7-9(16)3-5-11(12)13/h3-8,17H,2H2,1H3. The molecule has 0 spiro atoms. The molecular formula is C15H12FNO2. The van der Waals surface area contributed by atoms with Crippen LogP contribution in [-0.2, 0) is 6.42 Å². The van der Waals surface area contributed by atoms with Crippen LogP contribution in [0.25, 0.3) is 10.9 Å². The second-order valence-corrected chi connectivity index (χ2v) is 4.34. The Morgan fingerprint density at radius 2 is 2.16 bits per heavy atom. The molecule has 0 bridgehead atoms. The maximum absolute atomic E-state index is 13.1. The summed E-state index contributed by atoms with van der Waals surface area (Å²) in [5, 5.41) is 0.695. The molecule has 2 heterocycles. The second-order valence-electron chi connectivity index (χ2n) is 4.34. The van der Waals surface area contributed by atoms with Crippen molar-refractivity contribution >= 4 is 16.7 Å². The largest absolute Gasteiger partial charge is 0.458 e. The van der Waals surface area contributed by atoms with Crippen molar-refractivity contribution in [1.82, 2.24) is 4.98 Å². The molecule has 0 saturated heterocycles. The molecule has 0 saturated carbocycles. The van der Waals surface area contributed by atoms with Crippen LogP contribution >= 0.6 is 0 Å². The first-order chi connectivity index (χ1) is 9.19. The Morgan fingerprint density at radius 3 is 2.89 bits per heavy atom. The zero-order valence-electron chi connectivity index (χ0n) is 10.4. The van der Waals surface area contributed by atoms with Crippen LogP contribution in [0.2, 0.25) is 0 Å². The maximum Gasteiger partial charge on any atom is 0.230 e. The predicted octanol–water partition coefficient (Wildman–Crippen LogP) is 3.69. The smallest absolute Gasteiger partial charge is 0.230 e. The van der Waals surface area contributed by atoms with Crippen LogP contribution in [0, 0.1) is 5.82 Å². The molecule has 1 N–H and O–H groups in total. The minimum atomic E-state index is -0.334. The van der Waals surface area contributed by atoms with E-state index in [0.29, 0.717) is 22.2 Å². The summed E-state index contributed by atoms with van der Waals surface area (Å²) in [5.41, 5.74) is 1.10. The second kappa shape index (κ2) is 4.39.